The largest absolute Gasteiger partial charge is 0.382 e. The van der Waals surface area contributed by atoms with Crippen molar-refractivity contribution < 1.29 is 38.4 Å². The Balaban J connectivity index is 1.59. The summed E-state index contributed by atoms with van der Waals surface area (Å²) in [6.45, 7) is 18.7. The van der Waals surface area contributed by atoms with Crippen LogP contribution >= 0.6 is 0 Å². The van der Waals surface area contributed by atoms with Gasteiger partial charge in [-0.15, -0.1) is 0 Å². The van der Waals surface area contributed by atoms with Gasteiger partial charge in [0.1, 0.15) is 37.7 Å². The van der Waals surface area contributed by atoms with E-state index in [1.807, 2.05) is 14.1 Å². The van der Waals surface area contributed by atoms with E-state index >= 15 is 0 Å². The fraction of sp³-hybridized carbons (Fsp3) is 0.907. The second-order valence-electron chi connectivity index (χ2n) is 17.3. The van der Waals surface area contributed by atoms with E-state index < -0.39 is 0 Å². The number of ketones is 2. The molecule has 0 atom stereocenters. The number of nitrogens with zero attached hydrogens (tertiary/aromatic N) is 4. The molecule has 0 aliphatic carbocycles. The topological polar surface area (TPSA) is 163 Å². The smallest absolute Gasteiger partial charge is 0.220 e. The predicted molar refractivity (Wildman–Crippen MR) is 229 cm³/mol. The molecule has 0 unspecified atom stereocenters. The minimum absolute atomic E-state index is 0.0438. The van der Waals surface area contributed by atoms with Gasteiger partial charge in [-0.05, 0) is 91.6 Å². The number of likely N-dealkylation sites (N-methyl/N-ethyl adjacent to an activating group) is 2. The maximum atomic E-state index is 12.7. The number of amides is 2. The van der Waals surface area contributed by atoms with Crippen LogP contribution in [0.5, 0.6) is 0 Å². The van der Waals surface area contributed by atoms with Gasteiger partial charge in [0.15, 0.2) is 12.2 Å². The molecule has 2 heterocycles. The van der Waals surface area contributed by atoms with Gasteiger partial charge in [0.25, 0.3) is 0 Å². The Labute approximate surface area is 346 Å². The van der Waals surface area contributed by atoms with Gasteiger partial charge < -0.3 is 40.4 Å². The average molecular weight is 811 g/mol. The third-order valence-corrected chi connectivity index (χ3v) is 12.0. The molecule has 0 saturated carbocycles. The van der Waals surface area contributed by atoms with Crippen LogP contribution in [-0.4, -0.2) is 190 Å². The average Bonchev–Trinajstić information content (AvgIpc) is 3.16. The number of hydrogen-bond donors (Lipinski definition) is 6. The van der Waals surface area contributed by atoms with E-state index in [4.69, 9.17) is 0 Å². The van der Waals surface area contributed by atoms with Crippen molar-refractivity contribution in [1.29, 1.82) is 0 Å². The van der Waals surface area contributed by atoms with E-state index in [0.717, 1.165) is 171 Å². The summed E-state index contributed by atoms with van der Waals surface area (Å²) in [7, 11) is 3.87. The fourth-order valence-corrected chi connectivity index (χ4v) is 8.39. The summed E-state index contributed by atoms with van der Waals surface area (Å²) < 4.78 is 1.70. The van der Waals surface area contributed by atoms with Gasteiger partial charge in [0, 0.05) is 51.6 Å². The van der Waals surface area contributed by atoms with E-state index in [1.54, 1.807) is 0 Å². The number of carbonyl (C=O) groups excluding carboxylic acids is 4. The highest BCUT2D eigenvalue weighted by atomic mass is 16.3. The van der Waals surface area contributed by atoms with Crippen LogP contribution in [-0.2, 0) is 19.2 Å². The molecule has 14 nitrogen and oxygen atoms in total. The molecule has 14 heteroatoms. The van der Waals surface area contributed by atoms with Crippen LogP contribution in [0.1, 0.15) is 117 Å². The molecule has 0 spiro atoms. The Morgan fingerprint density at radius 2 is 0.842 bits per heavy atom. The number of aliphatic hydroxyl groups excluding tert-OH is 2. The van der Waals surface area contributed by atoms with Crippen LogP contribution in [0.3, 0.4) is 0 Å². The summed E-state index contributed by atoms with van der Waals surface area (Å²) in [6.07, 6.45) is 11.7. The first kappa shape index (κ1) is 51.1. The lowest BCUT2D eigenvalue weighted by Gasteiger charge is -2.48. The molecule has 332 valence electrons. The molecule has 2 aliphatic rings. The van der Waals surface area contributed by atoms with Crippen molar-refractivity contribution in [2.75, 3.05) is 125 Å². The number of likely N-dealkylation sites (tertiary alicyclic amines) is 2. The van der Waals surface area contributed by atoms with E-state index in [-0.39, 0.29) is 35.6 Å². The standard InChI is InChI=1S/C43H84N8O6/c1-5-7-25-48(27-13-17-38(52)15-9-11-19-42(56)46-23-31-50(29-21-44-3)33-40(54)34-50)37-49(26-8-6-2)28-14-18-39(53)16-10-12-20-43(57)47-24-32-51(30-22-45-4)35-41(55)36-51/h40-41,44-45,54-55H,5-37H2,1-4H3/p+2. The molecule has 0 bridgehead atoms. The molecule has 6 N–H and O–H groups in total. The number of Topliss-reactive ketones (excluding diaryl/α,β-unsaturated/α-hetero) is 2. The second-order valence-corrected chi connectivity index (χ2v) is 17.3. The Bertz CT molecular complexity index is 1030. The molecule has 0 aromatic rings. The van der Waals surface area contributed by atoms with Crippen molar-refractivity contribution in [3.8, 4) is 0 Å². The van der Waals surface area contributed by atoms with Crippen molar-refractivity contribution in [2.24, 2.45) is 0 Å². The first-order valence-corrected chi connectivity index (χ1v) is 22.8. The molecule has 2 rings (SSSR count). The van der Waals surface area contributed by atoms with E-state index in [9.17, 15) is 29.4 Å². The zero-order valence-corrected chi connectivity index (χ0v) is 36.8. The highest BCUT2D eigenvalue weighted by Crippen LogP contribution is 2.20. The number of aliphatic hydroxyl groups is 2. The molecule has 0 aromatic carbocycles. The van der Waals surface area contributed by atoms with Crippen molar-refractivity contribution >= 4 is 23.4 Å². The Morgan fingerprint density at radius 1 is 0.509 bits per heavy atom. The summed E-state index contributed by atoms with van der Waals surface area (Å²) in [5.74, 6) is 0.641. The molecule has 2 aliphatic heterocycles. The van der Waals surface area contributed by atoms with Gasteiger partial charge >= 0.3 is 0 Å². The van der Waals surface area contributed by atoms with Crippen LogP contribution in [0.2, 0.25) is 0 Å². The fourth-order valence-electron chi connectivity index (χ4n) is 8.39. The van der Waals surface area contributed by atoms with Gasteiger partial charge in [-0.25, -0.2) is 0 Å². The quantitative estimate of drug-likeness (QED) is 0.0309. The van der Waals surface area contributed by atoms with Crippen molar-refractivity contribution in [3.63, 3.8) is 0 Å². The first-order valence-electron chi connectivity index (χ1n) is 22.8. The summed E-state index contributed by atoms with van der Waals surface area (Å²) in [5, 5.41) is 32.0. The van der Waals surface area contributed by atoms with Crippen LogP contribution in [0.25, 0.3) is 0 Å². The lowest BCUT2D eigenvalue weighted by molar-refractivity contribution is -0.970. The monoisotopic (exact) mass is 811 g/mol. The predicted octanol–water partition coefficient (Wildman–Crippen LogP) is 2.02. The first-order chi connectivity index (χ1) is 27.5. The Hall–Kier alpha value is -2.04. The molecule has 0 radical (unpaired) electrons. The maximum Gasteiger partial charge on any atom is 0.220 e. The summed E-state index contributed by atoms with van der Waals surface area (Å²) >= 11 is 0. The normalized spacial score (nSPS) is 21.7. The SMILES string of the molecule is CCCCN(CCCC(=O)CCCCC(=O)NCC[N+]1(CCNC)CC(O)C1)CN(CCCC)CCCC(=O)CCCCC(=O)NCC[N+]1(CCNC)CC(O)C1. The van der Waals surface area contributed by atoms with Gasteiger partial charge in [-0.1, -0.05) is 26.7 Å². The van der Waals surface area contributed by atoms with E-state index in [2.05, 4.69) is 44.9 Å². The highest BCUT2D eigenvalue weighted by molar-refractivity contribution is 5.79. The van der Waals surface area contributed by atoms with Gasteiger partial charge in [-0.2, -0.15) is 0 Å². The number of nitrogens with one attached hydrogen (secondary N) is 4. The maximum absolute atomic E-state index is 12.7. The van der Waals surface area contributed by atoms with Gasteiger partial charge in [-0.3, -0.25) is 29.0 Å². The van der Waals surface area contributed by atoms with E-state index in [0.29, 0.717) is 51.6 Å². The van der Waals surface area contributed by atoms with Crippen molar-refractivity contribution in [1.82, 2.24) is 31.1 Å². The van der Waals surface area contributed by atoms with E-state index in [1.165, 1.54) is 0 Å². The van der Waals surface area contributed by atoms with Crippen LogP contribution < -0.4 is 21.3 Å². The number of unbranched alkanes of at least 4 members (excludes halogenated alkanes) is 4. The molecular formula is C43H86N8O6+2. The third-order valence-electron chi connectivity index (χ3n) is 12.0. The highest BCUT2D eigenvalue weighted by Gasteiger charge is 2.43. The lowest BCUT2D eigenvalue weighted by atomic mass is 10.1. The molecular weight excluding hydrogens is 725 g/mol. The van der Waals surface area contributed by atoms with Crippen molar-refractivity contribution in [2.45, 2.75) is 129 Å². The summed E-state index contributed by atoms with van der Waals surface area (Å²) in [5.41, 5.74) is 0. The minimum atomic E-state index is -0.230. The molecule has 0 aromatic heterocycles. The third kappa shape index (κ3) is 22.8. The Morgan fingerprint density at radius 3 is 1.19 bits per heavy atom. The molecule has 2 saturated heterocycles. The van der Waals surface area contributed by atoms with Crippen LogP contribution in [0, 0.1) is 0 Å². The number of rotatable bonds is 38. The number of quaternary nitrogens is 2. The van der Waals surface area contributed by atoms with Gasteiger partial charge in [0.05, 0.1) is 45.9 Å². The minimum Gasteiger partial charge on any atom is -0.382 e. The molecule has 2 amide bonds. The molecule has 57 heavy (non-hydrogen) atoms. The summed E-state index contributed by atoms with van der Waals surface area (Å²) in [6, 6.07) is 0. The molecule has 2 fully saturated rings. The van der Waals surface area contributed by atoms with Gasteiger partial charge in [0.2, 0.25) is 11.8 Å². The van der Waals surface area contributed by atoms with Crippen molar-refractivity contribution in [3.05, 3.63) is 0 Å². The zero-order chi connectivity index (χ0) is 41.8. The number of hydrogen-bond acceptors (Lipinski definition) is 10. The van der Waals surface area contributed by atoms with Crippen LogP contribution in [0.15, 0.2) is 0 Å². The Kier molecular flexibility index (Phi) is 26.9. The number of carbonyl (C=O) groups is 4. The lowest BCUT2D eigenvalue weighted by Crippen LogP contribution is -2.69. The second kappa shape index (κ2) is 30.1. The van der Waals surface area contributed by atoms with Crippen LogP contribution in [0.4, 0.5) is 0 Å². The zero-order valence-electron chi connectivity index (χ0n) is 36.8. The summed E-state index contributed by atoms with van der Waals surface area (Å²) in [4.78, 5) is 55.2.